The number of amides is 1. The fourth-order valence-corrected chi connectivity index (χ4v) is 4.10. The Hall–Kier alpha value is -2.54. The van der Waals surface area contributed by atoms with Crippen LogP contribution in [0.2, 0.25) is 10.0 Å². The van der Waals surface area contributed by atoms with Gasteiger partial charge >= 0.3 is 0 Å². The molecule has 31 heavy (non-hydrogen) atoms. The smallest absolute Gasteiger partial charge is 0.274 e. The molecule has 0 atom stereocenters. The van der Waals surface area contributed by atoms with Gasteiger partial charge in [0.05, 0.1) is 10.0 Å². The van der Waals surface area contributed by atoms with Gasteiger partial charge in [0.2, 0.25) is 0 Å². The first-order valence-corrected chi connectivity index (χ1v) is 10.9. The summed E-state index contributed by atoms with van der Waals surface area (Å²) in [5.41, 5.74) is 3.03. The molecule has 1 fully saturated rings. The van der Waals surface area contributed by atoms with Gasteiger partial charge in [-0.15, -0.1) is 0 Å². The lowest BCUT2D eigenvalue weighted by molar-refractivity contribution is 0.0620. The summed E-state index contributed by atoms with van der Waals surface area (Å²) in [5, 5.41) is 5.22. The molecule has 1 aliphatic heterocycles. The molecule has 0 aliphatic carbocycles. The van der Waals surface area contributed by atoms with Crippen LogP contribution in [0.4, 0.5) is 0 Å². The molecule has 6 nitrogen and oxygen atoms in total. The maximum absolute atomic E-state index is 12.9. The number of carbonyl (C=O) groups is 1. The van der Waals surface area contributed by atoms with Crippen LogP contribution in [0, 0.1) is 6.92 Å². The molecule has 4 rings (SSSR count). The topological polar surface area (TPSA) is 50.6 Å². The second kappa shape index (κ2) is 9.73. The minimum Gasteiger partial charge on any atom is -0.468 e. The van der Waals surface area contributed by atoms with Crippen molar-refractivity contribution in [3.63, 3.8) is 0 Å². The Bertz CT molecular complexity index is 1040. The normalized spacial score (nSPS) is 14.6. The van der Waals surface area contributed by atoms with Crippen molar-refractivity contribution in [3.8, 4) is 5.75 Å². The van der Waals surface area contributed by atoms with E-state index in [0.29, 0.717) is 34.6 Å². The largest absolute Gasteiger partial charge is 0.468 e. The highest BCUT2D eigenvalue weighted by molar-refractivity contribution is 6.37. The molecular formula is C23H24Cl2N4O2. The van der Waals surface area contributed by atoms with Crippen molar-refractivity contribution >= 4 is 29.1 Å². The van der Waals surface area contributed by atoms with E-state index in [2.05, 4.69) is 41.2 Å². The highest BCUT2D eigenvalue weighted by Crippen LogP contribution is 2.32. The number of hydrogen-bond acceptors (Lipinski definition) is 4. The summed E-state index contributed by atoms with van der Waals surface area (Å²) in [6.45, 7) is 6.21. The van der Waals surface area contributed by atoms with Crippen molar-refractivity contribution < 1.29 is 9.53 Å². The molecule has 1 aliphatic rings. The van der Waals surface area contributed by atoms with Crippen LogP contribution in [0.5, 0.6) is 5.75 Å². The summed E-state index contributed by atoms with van der Waals surface area (Å²) in [7, 11) is 0. The maximum Gasteiger partial charge on any atom is 0.274 e. The first kappa shape index (κ1) is 21.7. The van der Waals surface area contributed by atoms with Gasteiger partial charge in [0, 0.05) is 38.9 Å². The quantitative estimate of drug-likeness (QED) is 0.545. The minimum atomic E-state index is -0.0648. The van der Waals surface area contributed by atoms with Crippen molar-refractivity contribution in [1.29, 1.82) is 0 Å². The lowest BCUT2D eigenvalue weighted by Crippen LogP contribution is -2.48. The number of rotatable bonds is 6. The number of carbonyl (C=O) groups excluding carboxylic acids is 1. The van der Waals surface area contributed by atoms with Gasteiger partial charge in [-0.2, -0.15) is 5.10 Å². The summed E-state index contributed by atoms with van der Waals surface area (Å²) in [5.74, 6) is 0.337. The molecule has 8 heteroatoms. The summed E-state index contributed by atoms with van der Waals surface area (Å²) in [4.78, 5) is 17.1. The Kier molecular flexibility index (Phi) is 6.80. The van der Waals surface area contributed by atoms with E-state index in [9.17, 15) is 4.79 Å². The molecular weight excluding hydrogens is 435 g/mol. The standard InChI is InChI=1S/C23H24Cl2N4O2/c1-17-5-2-3-6-18(17)15-27-11-13-28(14-12-27)23(30)21-9-10-29(26-21)16-31-22-19(24)7-4-8-20(22)25/h2-10H,11-16H2,1H3. The number of para-hydroxylation sites is 1. The molecule has 0 spiro atoms. The van der Waals surface area contributed by atoms with Crippen LogP contribution in [0.15, 0.2) is 54.7 Å². The average Bonchev–Trinajstić information content (AvgIpc) is 3.24. The van der Waals surface area contributed by atoms with Crippen LogP contribution in [0.1, 0.15) is 21.6 Å². The number of piperazine rings is 1. The summed E-state index contributed by atoms with van der Waals surface area (Å²) >= 11 is 12.2. The number of benzene rings is 2. The molecule has 162 valence electrons. The van der Waals surface area contributed by atoms with Crippen LogP contribution in [0.3, 0.4) is 0 Å². The predicted octanol–water partition coefficient (Wildman–Crippen LogP) is 4.49. The minimum absolute atomic E-state index is 0.0648. The van der Waals surface area contributed by atoms with Gasteiger partial charge in [-0.1, -0.05) is 53.5 Å². The Morgan fingerprint density at radius 1 is 1.00 bits per heavy atom. The molecule has 0 saturated carbocycles. The van der Waals surface area contributed by atoms with Crippen molar-refractivity contribution in [2.24, 2.45) is 0 Å². The van der Waals surface area contributed by atoms with Crippen LogP contribution in [-0.4, -0.2) is 51.7 Å². The van der Waals surface area contributed by atoms with Gasteiger partial charge in [0.1, 0.15) is 0 Å². The van der Waals surface area contributed by atoms with E-state index in [1.165, 1.54) is 11.1 Å². The fraction of sp³-hybridized carbons (Fsp3) is 0.304. The number of nitrogens with zero attached hydrogens (tertiary/aromatic N) is 4. The molecule has 0 radical (unpaired) electrons. The Labute approximate surface area is 191 Å². The van der Waals surface area contributed by atoms with E-state index in [0.717, 1.165) is 19.6 Å². The average molecular weight is 459 g/mol. The van der Waals surface area contributed by atoms with E-state index >= 15 is 0 Å². The van der Waals surface area contributed by atoms with Gasteiger partial charge < -0.3 is 9.64 Å². The molecule has 2 heterocycles. The predicted molar refractivity (Wildman–Crippen MR) is 122 cm³/mol. The second-order valence-corrected chi connectivity index (χ2v) is 8.37. The van der Waals surface area contributed by atoms with E-state index in [1.807, 2.05) is 4.90 Å². The highest BCUT2D eigenvalue weighted by Gasteiger charge is 2.24. The number of hydrogen-bond donors (Lipinski definition) is 0. The van der Waals surface area contributed by atoms with Crippen molar-refractivity contribution in [2.75, 3.05) is 26.2 Å². The number of halogens is 2. The monoisotopic (exact) mass is 458 g/mol. The molecule has 1 saturated heterocycles. The number of aromatic nitrogens is 2. The molecule has 0 bridgehead atoms. The lowest BCUT2D eigenvalue weighted by Gasteiger charge is -2.34. The summed E-state index contributed by atoms with van der Waals surface area (Å²) in [6.07, 6.45) is 1.71. The van der Waals surface area contributed by atoms with Gasteiger partial charge in [0.25, 0.3) is 5.91 Å². The molecule has 0 N–H and O–H groups in total. The number of ether oxygens (including phenoxy) is 1. The molecule has 1 aromatic heterocycles. The van der Waals surface area contributed by atoms with Crippen LogP contribution in [-0.2, 0) is 13.3 Å². The van der Waals surface area contributed by atoms with E-state index in [1.54, 1.807) is 35.1 Å². The van der Waals surface area contributed by atoms with Gasteiger partial charge in [0.15, 0.2) is 18.2 Å². The summed E-state index contributed by atoms with van der Waals surface area (Å²) < 4.78 is 7.23. The highest BCUT2D eigenvalue weighted by atomic mass is 35.5. The zero-order valence-electron chi connectivity index (χ0n) is 17.3. The van der Waals surface area contributed by atoms with Crippen LogP contribution >= 0.6 is 23.2 Å². The zero-order chi connectivity index (χ0) is 21.8. The van der Waals surface area contributed by atoms with Gasteiger partial charge in [-0.05, 0) is 36.2 Å². The van der Waals surface area contributed by atoms with Gasteiger partial charge in [-0.25, -0.2) is 4.68 Å². The third-order valence-corrected chi connectivity index (χ3v) is 6.03. The first-order chi connectivity index (χ1) is 15.0. The SMILES string of the molecule is Cc1ccccc1CN1CCN(C(=O)c2ccn(COc3c(Cl)cccc3Cl)n2)CC1. The lowest BCUT2D eigenvalue weighted by atomic mass is 10.1. The zero-order valence-corrected chi connectivity index (χ0v) is 18.8. The van der Waals surface area contributed by atoms with E-state index in [4.69, 9.17) is 27.9 Å². The Morgan fingerprint density at radius 2 is 1.71 bits per heavy atom. The molecule has 3 aromatic rings. The first-order valence-electron chi connectivity index (χ1n) is 10.2. The maximum atomic E-state index is 12.9. The Morgan fingerprint density at radius 3 is 2.42 bits per heavy atom. The van der Waals surface area contributed by atoms with E-state index < -0.39 is 0 Å². The van der Waals surface area contributed by atoms with Crippen LogP contribution < -0.4 is 4.74 Å². The number of aryl methyl sites for hydroxylation is 1. The van der Waals surface area contributed by atoms with E-state index in [-0.39, 0.29) is 12.6 Å². The molecule has 0 unspecified atom stereocenters. The third-order valence-electron chi connectivity index (χ3n) is 5.43. The second-order valence-electron chi connectivity index (χ2n) is 7.56. The third kappa shape index (κ3) is 5.21. The van der Waals surface area contributed by atoms with Crippen molar-refractivity contribution in [3.05, 3.63) is 81.6 Å². The van der Waals surface area contributed by atoms with Crippen molar-refractivity contribution in [2.45, 2.75) is 20.2 Å². The van der Waals surface area contributed by atoms with Crippen LogP contribution in [0.25, 0.3) is 0 Å². The Balaban J connectivity index is 1.30. The molecule has 2 aromatic carbocycles. The summed E-state index contributed by atoms with van der Waals surface area (Å²) in [6, 6.07) is 15.3. The van der Waals surface area contributed by atoms with Crippen molar-refractivity contribution in [1.82, 2.24) is 19.6 Å². The van der Waals surface area contributed by atoms with Gasteiger partial charge in [-0.3, -0.25) is 9.69 Å². The molecule has 1 amide bonds. The fourth-order valence-electron chi connectivity index (χ4n) is 3.60.